The van der Waals surface area contributed by atoms with Crippen LogP contribution in [0.4, 0.5) is 0 Å². The first-order chi connectivity index (χ1) is 10.1. The lowest BCUT2D eigenvalue weighted by Crippen LogP contribution is -2.18. The van der Waals surface area contributed by atoms with Crippen LogP contribution in [0.25, 0.3) is 0 Å². The van der Waals surface area contributed by atoms with Crippen LogP contribution in [0.2, 0.25) is 0 Å². The minimum absolute atomic E-state index is 0.690. The molecule has 0 unspecified atom stereocenters. The molecule has 0 atom stereocenters. The van der Waals surface area contributed by atoms with Crippen LogP contribution < -0.4 is 5.32 Å². The predicted octanol–water partition coefficient (Wildman–Crippen LogP) is 4.43. The summed E-state index contributed by atoms with van der Waals surface area (Å²) < 4.78 is 0. The molecule has 1 N–H and O–H groups in total. The summed E-state index contributed by atoms with van der Waals surface area (Å²) in [7, 11) is 0. The maximum absolute atomic E-state index is 4.45. The van der Waals surface area contributed by atoms with Crippen molar-refractivity contribution >= 4 is 11.8 Å². The van der Waals surface area contributed by atoms with E-state index < -0.39 is 0 Å². The van der Waals surface area contributed by atoms with E-state index in [4.69, 9.17) is 0 Å². The van der Waals surface area contributed by atoms with E-state index in [0.717, 1.165) is 18.8 Å². The molecule has 2 aromatic rings. The fourth-order valence-corrected chi connectivity index (χ4v) is 3.09. The normalized spacial score (nSPS) is 11.0. The predicted molar refractivity (Wildman–Crippen MR) is 91.5 cm³/mol. The summed E-state index contributed by atoms with van der Waals surface area (Å²) >= 11 is 1.85. The van der Waals surface area contributed by atoms with Gasteiger partial charge in [0, 0.05) is 23.4 Å². The van der Waals surface area contributed by atoms with Gasteiger partial charge in [-0.1, -0.05) is 32.0 Å². The first-order valence-corrected chi connectivity index (χ1v) is 8.46. The minimum Gasteiger partial charge on any atom is -0.312 e. The molecule has 2 rings (SSSR count). The summed E-state index contributed by atoms with van der Waals surface area (Å²) in [5, 5.41) is 3.49. The van der Waals surface area contributed by atoms with Crippen LogP contribution in [-0.4, -0.2) is 11.5 Å². The van der Waals surface area contributed by atoms with E-state index in [1.165, 1.54) is 21.7 Å². The van der Waals surface area contributed by atoms with Gasteiger partial charge in [-0.05, 0) is 48.7 Å². The zero-order valence-corrected chi connectivity index (χ0v) is 13.9. The molecule has 112 valence electrons. The van der Waals surface area contributed by atoms with Crippen molar-refractivity contribution < 1.29 is 0 Å². The van der Waals surface area contributed by atoms with E-state index in [9.17, 15) is 0 Å². The largest absolute Gasteiger partial charge is 0.312 e. The monoisotopic (exact) mass is 300 g/mol. The van der Waals surface area contributed by atoms with Gasteiger partial charge < -0.3 is 5.32 Å². The molecule has 3 heteroatoms. The van der Waals surface area contributed by atoms with Gasteiger partial charge in [0.05, 0.1) is 5.69 Å². The number of hydrogen-bond donors (Lipinski definition) is 1. The zero-order chi connectivity index (χ0) is 15.1. The Morgan fingerprint density at radius 3 is 2.81 bits per heavy atom. The number of aryl methyl sites for hydroxylation is 1. The highest BCUT2D eigenvalue weighted by molar-refractivity contribution is 7.98. The van der Waals surface area contributed by atoms with Crippen LogP contribution in [-0.2, 0) is 12.3 Å². The first kappa shape index (κ1) is 16.1. The number of aromatic nitrogens is 1. The van der Waals surface area contributed by atoms with Gasteiger partial charge >= 0.3 is 0 Å². The quantitative estimate of drug-likeness (QED) is 0.766. The first-order valence-electron chi connectivity index (χ1n) is 7.48. The van der Waals surface area contributed by atoms with Crippen molar-refractivity contribution in [3.63, 3.8) is 0 Å². The lowest BCUT2D eigenvalue weighted by Gasteiger charge is -2.09. The molecule has 21 heavy (non-hydrogen) atoms. The van der Waals surface area contributed by atoms with Crippen LogP contribution in [0.1, 0.15) is 30.7 Å². The van der Waals surface area contributed by atoms with E-state index >= 15 is 0 Å². The van der Waals surface area contributed by atoms with Crippen molar-refractivity contribution in [2.45, 2.75) is 38.0 Å². The average molecular weight is 300 g/mol. The number of rotatable bonds is 7. The molecule has 0 aliphatic heterocycles. The van der Waals surface area contributed by atoms with Gasteiger partial charge in [-0.2, -0.15) is 0 Å². The molecule has 0 aliphatic rings. The second-order valence-corrected chi connectivity index (χ2v) is 6.78. The summed E-state index contributed by atoms with van der Waals surface area (Å²) in [5.41, 5.74) is 3.78. The number of nitrogens with zero attached hydrogens (tertiary/aromatic N) is 1. The van der Waals surface area contributed by atoms with Crippen molar-refractivity contribution in [1.29, 1.82) is 0 Å². The van der Waals surface area contributed by atoms with Crippen LogP contribution in [0.3, 0.4) is 0 Å². The standard InChI is InChI=1S/C18H24N2S/c1-14(2)11-19-12-16-7-4-8-17(10-16)21-13-18-15(3)6-5-9-20-18/h4-10,14,19H,11-13H2,1-3H3. The topological polar surface area (TPSA) is 24.9 Å². The van der Waals surface area contributed by atoms with Crippen molar-refractivity contribution in [2.24, 2.45) is 5.92 Å². The Labute approximate surface area is 132 Å². The third-order valence-electron chi connectivity index (χ3n) is 3.27. The molecule has 0 amide bonds. The van der Waals surface area contributed by atoms with Gasteiger partial charge in [-0.15, -0.1) is 11.8 Å². The number of benzene rings is 1. The minimum atomic E-state index is 0.690. The number of pyridine rings is 1. The highest BCUT2D eigenvalue weighted by Gasteiger charge is 2.02. The molecule has 0 radical (unpaired) electrons. The Morgan fingerprint density at radius 2 is 2.05 bits per heavy atom. The number of nitrogens with one attached hydrogen (secondary N) is 1. The molecule has 1 heterocycles. The highest BCUT2D eigenvalue weighted by atomic mass is 32.2. The molecule has 2 nitrogen and oxygen atoms in total. The fraction of sp³-hybridized carbons (Fsp3) is 0.389. The van der Waals surface area contributed by atoms with E-state index in [0.29, 0.717) is 5.92 Å². The SMILES string of the molecule is Cc1cccnc1CSc1cccc(CNCC(C)C)c1. The Morgan fingerprint density at radius 1 is 1.19 bits per heavy atom. The maximum atomic E-state index is 4.45. The molecule has 0 fully saturated rings. The second kappa shape index (κ2) is 8.20. The van der Waals surface area contributed by atoms with Gasteiger partial charge in [0.25, 0.3) is 0 Å². The number of hydrogen-bond acceptors (Lipinski definition) is 3. The molecule has 0 saturated heterocycles. The summed E-state index contributed by atoms with van der Waals surface area (Å²) in [5.74, 6) is 1.62. The molecule has 1 aromatic carbocycles. The van der Waals surface area contributed by atoms with Gasteiger partial charge in [0.15, 0.2) is 0 Å². The summed E-state index contributed by atoms with van der Waals surface area (Å²) in [6, 6.07) is 12.9. The summed E-state index contributed by atoms with van der Waals surface area (Å²) in [6.07, 6.45) is 1.87. The Balaban J connectivity index is 1.90. The van der Waals surface area contributed by atoms with E-state index in [-0.39, 0.29) is 0 Å². The van der Waals surface area contributed by atoms with Gasteiger partial charge in [0.2, 0.25) is 0 Å². The Bertz CT molecular complexity index is 567. The fourth-order valence-electron chi connectivity index (χ4n) is 2.07. The van der Waals surface area contributed by atoms with Crippen molar-refractivity contribution in [3.05, 3.63) is 59.4 Å². The van der Waals surface area contributed by atoms with Crippen molar-refractivity contribution in [1.82, 2.24) is 10.3 Å². The van der Waals surface area contributed by atoms with E-state index in [2.05, 4.69) is 61.4 Å². The number of thioether (sulfide) groups is 1. The van der Waals surface area contributed by atoms with Gasteiger partial charge in [-0.25, -0.2) is 0 Å². The summed E-state index contributed by atoms with van der Waals surface area (Å²) in [6.45, 7) is 8.58. The smallest absolute Gasteiger partial charge is 0.0535 e. The second-order valence-electron chi connectivity index (χ2n) is 5.73. The van der Waals surface area contributed by atoms with Crippen LogP contribution >= 0.6 is 11.8 Å². The third kappa shape index (κ3) is 5.52. The molecule has 0 spiro atoms. The van der Waals surface area contributed by atoms with Gasteiger partial charge in [-0.3, -0.25) is 4.98 Å². The zero-order valence-electron chi connectivity index (χ0n) is 13.1. The average Bonchev–Trinajstić information content (AvgIpc) is 2.46. The lowest BCUT2D eigenvalue weighted by atomic mass is 10.2. The molecule has 0 saturated carbocycles. The molecular formula is C18H24N2S. The van der Waals surface area contributed by atoms with Crippen molar-refractivity contribution in [3.8, 4) is 0 Å². The van der Waals surface area contributed by atoms with Crippen molar-refractivity contribution in [2.75, 3.05) is 6.54 Å². The van der Waals surface area contributed by atoms with Crippen LogP contribution in [0, 0.1) is 12.8 Å². The third-order valence-corrected chi connectivity index (χ3v) is 4.28. The maximum Gasteiger partial charge on any atom is 0.0535 e. The Kier molecular flexibility index (Phi) is 6.27. The van der Waals surface area contributed by atoms with Gasteiger partial charge in [0.1, 0.15) is 0 Å². The Hall–Kier alpha value is -1.32. The van der Waals surface area contributed by atoms with E-state index in [1.54, 1.807) is 0 Å². The lowest BCUT2D eigenvalue weighted by molar-refractivity contribution is 0.552. The van der Waals surface area contributed by atoms with Crippen LogP contribution in [0.15, 0.2) is 47.5 Å². The molecule has 0 bridgehead atoms. The van der Waals surface area contributed by atoms with Crippen LogP contribution in [0.5, 0.6) is 0 Å². The molecule has 1 aromatic heterocycles. The highest BCUT2D eigenvalue weighted by Crippen LogP contribution is 2.24. The van der Waals surface area contributed by atoms with E-state index in [1.807, 2.05) is 24.0 Å². The summed E-state index contributed by atoms with van der Waals surface area (Å²) in [4.78, 5) is 5.76. The molecular weight excluding hydrogens is 276 g/mol. The molecule has 0 aliphatic carbocycles.